The Bertz CT molecular complexity index is 1140. The van der Waals surface area contributed by atoms with E-state index in [1.54, 1.807) is 30.2 Å². The number of nitrogens with zero attached hydrogens (tertiary/aromatic N) is 2. The molecule has 1 aliphatic rings. The van der Waals surface area contributed by atoms with Crippen LogP contribution in [0.15, 0.2) is 48.0 Å². The van der Waals surface area contributed by atoms with Crippen LogP contribution in [0.1, 0.15) is 57.4 Å². The lowest BCUT2D eigenvalue weighted by Gasteiger charge is -2.28. The summed E-state index contributed by atoms with van der Waals surface area (Å²) < 4.78 is 10.9. The molecule has 1 unspecified atom stereocenters. The number of likely N-dealkylation sites (tertiary alicyclic amines) is 1. The van der Waals surface area contributed by atoms with Crippen LogP contribution in [0.5, 0.6) is 11.5 Å². The van der Waals surface area contributed by atoms with Crippen LogP contribution in [0.2, 0.25) is 0 Å². The number of ether oxygens (including phenoxy) is 2. The van der Waals surface area contributed by atoms with Gasteiger partial charge in [-0.15, -0.1) is 0 Å². The van der Waals surface area contributed by atoms with E-state index in [1.165, 1.54) is 7.11 Å². The summed E-state index contributed by atoms with van der Waals surface area (Å²) >= 11 is 0. The molecule has 1 atom stereocenters. The highest BCUT2D eigenvalue weighted by Gasteiger charge is 2.46. The lowest BCUT2D eigenvalue weighted by molar-refractivity contribution is -0.140. The molecule has 2 aromatic rings. The number of methoxy groups -OCH3 is 2. The van der Waals surface area contributed by atoms with E-state index in [9.17, 15) is 14.7 Å². The zero-order valence-corrected chi connectivity index (χ0v) is 22.4. The van der Waals surface area contributed by atoms with Crippen LogP contribution < -0.4 is 9.47 Å². The summed E-state index contributed by atoms with van der Waals surface area (Å²) in [4.78, 5) is 30.5. The monoisotopic (exact) mass is 494 g/mol. The minimum absolute atomic E-state index is 0.0529. The molecule has 0 aromatic heterocycles. The van der Waals surface area contributed by atoms with Gasteiger partial charge in [-0.2, -0.15) is 0 Å². The van der Waals surface area contributed by atoms with Crippen LogP contribution in [0.25, 0.3) is 5.76 Å². The third-order valence-corrected chi connectivity index (χ3v) is 6.82. The van der Waals surface area contributed by atoms with Gasteiger partial charge in [0.25, 0.3) is 11.7 Å². The fourth-order valence-electron chi connectivity index (χ4n) is 4.56. The van der Waals surface area contributed by atoms with Gasteiger partial charge in [0.05, 0.1) is 31.4 Å². The Morgan fingerprint density at radius 2 is 1.72 bits per heavy atom. The average molecular weight is 495 g/mol. The van der Waals surface area contributed by atoms with Gasteiger partial charge in [0.15, 0.2) is 0 Å². The van der Waals surface area contributed by atoms with Crippen molar-refractivity contribution in [3.8, 4) is 11.5 Å². The van der Waals surface area contributed by atoms with Crippen LogP contribution in [0, 0.1) is 0 Å². The number of Topliss-reactive ketones (excluding diaryl/α,β-unsaturated/α-hetero) is 1. The van der Waals surface area contributed by atoms with Gasteiger partial charge in [-0.1, -0.05) is 52.8 Å². The quantitative estimate of drug-likeness (QED) is 0.308. The molecule has 1 heterocycles. The molecular formula is C29H38N2O5. The highest BCUT2D eigenvalue weighted by Crippen LogP contribution is 2.42. The third-order valence-electron chi connectivity index (χ3n) is 6.82. The number of carbonyl (C=O) groups is 2. The molecule has 2 aromatic carbocycles. The summed E-state index contributed by atoms with van der Waals surface area (Å²) in [5, 5.41) is 11.6. The normalized spacial score (nSPS) is 17.7. The molecule has 3 rings (SSSR count). The Hall–Kier alpha value is -3.32. The van der Waals surface area contributed by atoms with Gasteiger partial charge in [-0.05, 0) is 53.9 Å². The molecule has 1 amide bonds. The molecular weight excluding hydrogens is 456 g/mol. The van der Waals surface area contributed by atoms with Gasteiger partial charge >= 0.3 is 0 Å². The van der Waals surface area contributed by atoms with Gasteiger partial charge in [-0.25, -0.2) is 0 Å². The van der Waals surface area contributed by atoms with Crippen molar-refractivity contribution in [3.63, 3.8) is 0 Å². The molecule has 0 aliphatic carbocycles. The smallest absolute Gasteiger partial charge is 0.295 e. The highest BCUT2D eigenvalue weighted by atomic mass is 16.5. The third kappa shape index (κ3) is 5.41. The van der Waals surface area contributed by atoms with E-state index in [0.717, 1.165) is 18.7 Å². The topological polar surface area (TPSA) is 79.3 Å². The van der Waals surface area contributed by atoms with Crippen molar-refractivity contribution in [3.05, 3.63) is 64.7 Å². The first kappa shape index (κ1) is 27.3. The van der Waals surface area contributed by atoms with Crippen LogP contribution in [0.4, 0.5) is 0 Å². The van der Waals surface area contributed by atoms with E-state index < -0.39 is 17.7 Å². The first-order valence-electron chi connectivity index (χ1n) is 12.4. The van der Waals surface area contributed by atoms with E-state index in [2.05, 4.69) is 39.5 Å². The van der Waals surface area contributed by atoms with Crippen molar-refractivity contribution in [2.75, 3.05) is 40.4 Å². The summed E-state index contributed by atoms with van der Waals surface area (Å²) in [7, 11) is 3.09. The van der Waals surface area contributed by atoms with E-state index in [0.29, 0.717) is 35.7 Å². The molecule has 1 fully saturated rings. The molecule has 0 spiro atoms. The van der Waals surface area contributed by atoms with E-state index >= 15 is 0 Å². The first-order chi connectivity index (χ1) is 17.1. The Morgan fingerprint density at radius 1 is 1.03 bits per heavy atom. The van der Waals surface area contributed by atoms with Gasteiger partial charge < -0.3 is 24.4 Å². The fraction of sp³-hybridized carbons (Fsp3) is 0.448. The van der Waals surface area contributed by atoms with Crippen LogP contribution in [-0.2, 0) is 15.0 Å². The van der Waals surface area contributed by atoms with Crippen molar-refractivity contribution in [2.45, 2.75) is 46.1 Å². The molecule has 7 nitrogen and oxygen atoms in total. The maximum atomic E-state index is 13.4. The number of likely N-dealkylation sites (N-methyl/N-ethyl adjacent to an activating group) is 1. The number of aliphatic hydroxyl groups is 1. The second kappa shape index (κ2) is 11.2. The maximum absolute atomic E-state index is 13.4. The first-order valence-corrected chi connectivity index (χ1v) is 12.4. The Kier molecular flexibility index (Phi) is 8.46. The van der Waals surface area contributed by atoms with Gasteiger partial charge in [-0.3, -0.25) is 9.59 Å². The second-order valence-electron chi connectivity index (χ2n) is 9.96. The van der Waals surface area contributed by atoms with Crippen molar-refractivity contribution < 1.29 is 24.2 Å². The predicted molar refractivity (Wildman–Crippen MR) is 141 cm³/mol. The number of rotatable bonds is 9. The molecule has 194 valence electrons. The summed E-state index contributed by atoms with van der Waals surface area (Å²) in [6, 6.07) is 12.1. The average Bonchev–Trinajstić information content (AvgIpc) is 3.13. The molecule has 0 radical (unpaired) electrons. The van der Waals surface area contributed by atoms with Crippen molar-refractivity contribution >= 4 is 17.4 Å². The Balaban J connectivity index is 2.22. The molecule has 1 N–H and O–H groups in total. The standard InChI is InChI=1S/C29H38N2O5/c1-8-30(9-2)15-16-31-25(19-11-10-12-21(17-19)35-6)24(27(33)28(31)34)26(32)22-18-20(29(3,4)5)13-14-23(22)36-7/h10-14,17-18,25,32H,8-9,15-16H2,1-7H3/b26-24+. The number of amides is 1. The van der Waals surface area contributed by atoms with E-state index in [-0.39, 0.29) is 16.7 Å². The van der Waals surface area contributed by atoms with Crippen molar-refractivity contribution in [1.82, 2.24) is 9.80 Å². The number of ketones is 1. The van der Waals surface area contributed by atoms with Crippen molar-refractivity contribution in [2.24, 2.45) is 0 Å². The number of benzene rings is 2. The SMILES string of the molecule is CCN(CC)CCN1C(=O)C(=O)/C(=C(/O)c2cc(C(C)(C)C)ccc2OC)C1c1cccc(OC)c1. The zero-order valence-electron chi connectivity index (χ0n) is 22.4. The summed E-state index contributed by atoms with van der Waals surface area (Å²) in [6.45, 7) is 13.0. The minimum atomic E-state index is -0.751. The van der Waals surface area contributed by atoms with Crippen LogP contribution in [-0.4, -0.2) is 67.0 Å². The van der Waals surface area contributed by atoms with Crippen LogP contribution >= 0.6 is 0 Å². The van der Waals surface area contributed by atoms with Crippen molar-refractivity contribution in [1.29, 1.82) is 0 Å². The molecule has 1 aliphatic heterocycles. The molecule has 36 heavy (non-hydrogen) atoms. The fourth-order valence-corrected chi connectivity index (χ4v) is 4.56. The van der Waals surface area contributed by atoms with E-state index in [4.69, 9.17) is 9.47 Å². The zero-order chi connectivity index (χ0) is 26.6. The van der Waals surface area contributed by atoms with E-state index in [1.807, 2.05) is 24.3 Å². The summed E-state index contributed by atoms with van der Waals surface area (Å²) in [5.74, 6) is -0.534. The minimum Gasteiger partial charge on any atom is -0.507 e. The lowest BCUT2D eigenvalue weighted by atomic mass is 9.85. The number of carbonyl (C=O) groups excluding carboxylic acids is 2. The van der Waals surface area contributed by atoms with Gasteiger partial charge in [0, 0.05) is 13.1 Å². The van der Waals surface area contributed by atoms with Gasteiger partial charge in [0.1, 0.15) is 17.3 Å². The summed E-state index contributed by atoms with van der Waals surface area (Å²) in [6.07, 6.45) is 0. The largest absolute Gasteiger partial charge is 0.507 e. The molecule has 0 bridgehead atoms. The number of hydrogen-bond acceptors (Lipinski definition) is 6. The second-order valence-corrected chi connectivity index (χ2v) is 9.96. The summed E-state index contributed by atoms with van der Waals surface area (Å²) in [5.41, 5.74) is 1.92. The lowest BCUT2D eigenvalue weighted by Crippen LogP contribution is -2.38. The maximum Gasteiger partial charge on any atom is 0.295 e. The molecule has 1 saturated heterocycles. The number of hydrogen-bond donors (Lipinski definition) is 1. The number of aliphatic hydroxyl groups excluding tert-OH is 1. The Morgan fingerprint density at radius 3 is 2.31 bits per heavy atom. The highest BCUT2D eigenvalue weighted by molar-refractivity contribution is 6.46. The predicted octanol–water partition coefficient (Wildman–Crippen LogP) is 4.76. The molecule has 0 saturated carbocycles. The Labute approximate surface area is 214 Å². The molecule has 7 heteroatoms. The van der Waals surface area contributed by atoms with Crippen LogP contribution in [0.3, 0.4) is 0 Å². The van der Waals surface area contributed by atoms with Gasteiger partial charge in [0.2, 0.25) is 0 Å².